The molecule has 132 valence electrons. The van der Waals surface area contributed by atoms with Gasteiger partial charge in [0.15, 0.2) is 0 Å². The van der Waals surface area contributed by atoms with Gasteiger partial charge in [0.2, 0.25) is 0 Å². The zero-order valence-electron chi connectivity index (χ0n) is 13.8. The quantitative estimate of drug-likeness (QED) is 0.458. The molecule has 5 heteroatoms. The largest absolute Gasteiger partial charge is 0.506 e. The van der Waals surface area contributed by atoms with E-state index in [1.165, 1.54) is 0 Å². The third-order valence-corrected chi connectivity index (χ3v) is 5.08. The van der Waals surface area contributed by atoms with Crippen LogP contribution in [-0.2, 0) is 0 Å². The molecule has 3 nitrogen and oxygen atoms in total. The van der Waals surface area contributed by atoms with Gasteiger partial charge in [-0.15, -0.1) is 0 Å². The van der Waals surface area contributed by atoms with Gasteiger partial charge >= 0.3 is 0 Å². The lowest BCUT2D eigenvalue weighted by molar-refractivity contribution is 0.148. The molecular formula is C21H17Br2NO2. The van der Waals surface area contributed by atoms with E-state index in [2.05, 4.69) is 36.9 Å². The van der Waals surface area contributed by atoms with Crippen molar-refractivity contribution in [3.8, 4) is 5.75 Å². The van der Waals surface area contributed by atoms with Crippen LogP contribution >= 0.6 is 31.9 Å². The number of halogens is 2. The van der Waals surface area contributed by atoms with Gasteiger partial charge in [0.1, 0.15) is 17.9 Å². The van der Waals surface area contributed by atoms with Crippen LogP contribution in [-0.4, -0.2) is 16.4 Å². The molecule has 3 aromatic rings. The molecule has 0 aliphatic rings. The maximum absolute atomic E-state index is 10.9. The van der Waals surface area contributed by atoms with Crippen LogP contribution in [0.5, 0.6) is 5.75 Å². The molecule has 0 fully saturated rings. The molecule has 0 spiro atoms. The van der Waals surface area contributed by atoms with Gasteiger partial charge in [-0.3, -0.25) is 4.99 Å². The minimum Gasteiger partial charge on any atom is -0.506 e. The number of hydrogen-bond donors (Lipinski definition) is 2. The minimum absolute atomic E-state index is 0.109. The van der Waals surface area contributed by atoms with Crippen molar-refractivity contribution >= 4 is 38.1 Å². The second kappa shape index (κ2) is 8.62. The fourth-order valence-corrected chi connectivity index (χ4v) is 3.94. The van der Waals surface area contributed by atoms with Crippen molar-refractivity contribution in [3.05, 3.63) is 98.4 Å². The van der Waals surface area contributed by atoms with Crippen LogP contribution in [0.1, 0.15) is 28.8 Å². The third-order valence-electron chi connectivity index (χ3n) is 4.01. The first-order valence-corrected chi connectivity index (χ1v) is 9.64. The Labute approximate surface area is 169 Å². The first-order valence-electron chi connectivity index (χ1n) is 8.05. The van der Waals surface area contributed by atoms with Gasteiger partial charge < -0.3 is 10.2 Å². The van der Waals surface area contributed by atoms with Crippen molar-refractivity contribution in [2.24, 2.45) is 4.99 Å². The second-order valence-corrected chi connectivity index (χ2v) is 7.58. The predicted octanol–water partition coefficient (Wildman–Crippen LogP) is 5.81. The third kappa shape index (κ3) is 4.41. The molecule has 0 heterocycles. The molecule has 0 radical (unpaired) electrons. The molecule has 3 aromatic carbocycles. The smallest absolute Gasteiger partial charge is 0.138 e. The van der Waals surface area contributed by atoms with Gasteiger partial charge in [0, 0.05) is 16.3 Å². The zero-order chi connectivity index (χ0) is 18.5. The molecule has 0 unspecified atom stereocenters. The highest BCUT2D eigenvalue weighted by Gasteiger charge is 2.21. The Morgan fingerprint density at radius 3 is 2.04 bits per heavy atom. The van der Waals surface area contributed by atoms with Crippen molar-refractivity contribution in [1.82, 2.24) is 0 Å². The highest BCUT2D eigenvalue weighted by Crippen LogP contribution is 2.34. The molecule has 0 bridgehead atoms. The first kappa shape index (κ1) is 18.8. The van der Waals surface area contributed by atoms with Crippen molar-refractivity contribution in [2.45, 2.75) is 12.1 Å². The lowest BCUT2D eigenvalue weighted by Crippen LogP contribution is -2.09. The number of benzene rings is 3. The lowest BCUT2D eigenvalue weighted by Gasteiger charge is -2.20. The number of aromatic hydroxyl groups is 1. The van der Waals surface area contributed by atoms with E-state index < -0.39 is 12.1 Å². The Balaban J connectivity index is 1.99. The number of aliphatic hydroxyl groups excluding tert-OH is 1. The number of aliphatic hydroxyl groups is 1. The first-order chi connectivity index (χ1) is 12.6. The Morgan fingerprint density at radius 2 is 1.42 bits per heavy atom. The summed E-state index contributed by atoms with van der Waals surface area (Å²) < 4.78 is 1.40. The van der Waals surface area contributed by atoms with Gasteiger partial charge in [-0.1, -0.05) is 76.6 Å². The van der Waals surface area contributed by atoms with E-state index in [-0.39, 0.29) is 5.75 Å². The summed E-state index contributed by atoms with van der Waals surface area (Å²) in [5, 5.41) is 21.1. The van der Waals surface area contributed by atoms with Crippen molar-refractivity contribution in [3.63, 3.8) is 0 Å². The summed E-state index contributed by atoms with van der Waals surface area (Å²) in [4.78, 5) is 4.61. The van der Waals surface area contributed by atoms with E-state index >= 15 is 0 Å². The summed E-state index contributed by atoms with van der Waals surface area (Å²) in [6.45, 7) is 0. The topological polar surface area (TPSA) is 52.8 Å². The van der Waals surface area contributed by atoms with E-state index in [9.17, 15) is 10.2 Å². The van der Waals surface area contributed by atoms with E-state index in [1.807, 2.05) is 60.7 Å². The normalized spacial score (nSPS) is 13.7. The van der Waals surface area contributed by atoms with Crippen LogP contribution in [0, 0.1) is 0 Å². The summed E-state index contributed by atoms with van der Waals surface area (Å²) in [5.74, 6) is 0.109. The van der Waals surface area contributed by atoms with E-state index in [4.69, 9.17) is 0 Å². The molecule has 0 amide bonds. The summed E-state index contributed by atoms with van der Waals surface area (Å²) in [6, 6.07) is 22.1. The van der Waals surface area contributed by atoms with Gasteiger partial charge in [-0.25, -0.2) is 0 Å². The number of phenolic OH excluding ortho intramolecular Hbond substituents is 1. The summed E-state index contributed by atoms with van der Waals surface area (Å²) >= 11 is 6.74. The monoisotopic (exact) mass is 473 g/mol. The summed E-state index contributed by atoms with van der Waals surface area (Å²) in [5.41, 5.74) is 2.25. The molecule has 26 heavy (non-hydrogen) atoms. The average molecular weight is 475 g/mol. The maximum atomic E-state index is 10.9. The Kier molecular flexibility index (Phi) is 6.25. The SMILES string of the molecule is Oc1c(Br)cc(Br)cc1C=N[C@@H](c1ccccc1)[C@H](O)c1ccccc1. The molecule has 0 aliphatic carbocycles. The average Bonchev–Trinajstić information content (AvgIpc) is 2.67. The molecule has 0 aromatic heterocycles. The van der Waals surface area contributed by atoms with Crippen LogP contribution in [0.3, 0.4) is 0 Å². The van der Waals surface area contributed by atoms with Gasteiger partial charge in [-0.05, 0) is 39.2 Å². The van der Waals surface area contributed by atoms with Crippen LogP contribution in [0.15, 0.2) is 86.7 Å². The number of rotatable bonds is 5. The highest BCUT2D eigenvalue weighted by atomic mass is 79.9. The van der Waals surface area contributed by atoms with E-state index in [1.54, 1.807) is 18.3 Å². The van der Waals surface area contributed by atoms with Gasteiger partial charge in [0.25, 0.3) is 0 Å². The van der Waals surface area contributed by atoms with Crippen molar-refractivity contribution in [1.29, 1.82) is 0 Å². The van der Waals surface area contributed by atoms with Crippen molar-refractivity contribution in [2.75, 3.05) is 0 Å². The summed E-state index contributed by atoms with van der Waals surface area (Å²) in [6.07, 6.45) is 0.793. The minimum atomic E-state index is -0.799. The lowest BCUT2D eigenvalue weighted by atomic mass is 9.96. The number of aliphatic imine (C=N–C) groups is 1. The van der Waals surface area contributed by atoms with Crippen LogP contribution in [0.4, 0.5) is 0 Å². The van der Waals surface area contributed by atoms with Crippen LogP contribution in [0.2, 0.25) is 0 Å². The predicted molar refractivity (Wildman–Crippen MR) is 112 cm³/mol. The molecule has 0 aliphatic heterocycles. The number of phenols is 1. The summed E-state index contributed by atoms with van der Waals surface area (Å²) in [7, 11) is 0. The van der Waals surface area contributed by atoms with Crippen LogP contribution < -0.4 is 0 Å². The maximum Gasteiger partial charge on any atom is 0.138 e. The zero-order valence-corrected chi connectivity index (χ0v) is 16.9. The Bertz CT molecular complexity index is 899. The fourth-order valence-electron chi connectivity index (χ4n) is 2.68. The Morgan fingerprint density at radius 1 is 0.846 bits per heavy atom. The van der Waals surface area contributed by atoms with Gasteiger partial charge in [0.05, 0.1) is 4.47 Å². The molecule has 2 atom stereocenters. The molecule has 3 rings (SSSR count). The molecule has 0 saturated heterocycles. The van der Waals surface area contributed by atoms with E-state index in [0.29, 0.717) is 10.0 Å². The van der Waals surface area contributed by atoms with Crippen molar-refractivity contribution < 1.29 is 10.2 Å². The standard InChI is InChI=1S/C21H17Br2NO2/c22-17-11-16(20(25)18(23)12-17)13-24-19(14-7-3-1-4-8-14)21(26)15-9-5-2-6-10-15/h1-13,19,21,25-26H/t19-,21+/m0/s1. The fraction of sp³-hybridized carbons (Fsp3) is 0.0952. The van der Waals surface area contributed by atoms with Crippen LogP contribution in [0.25, 0.3) is 0 Å². The van der Waals surface area contributed by atoms with Gasteiger partial charge in [-0.2, -0.15) is 0 Å². The molecule has 2 N–H and O–H groups in total. The molecular weight excluding hydrogens is 458 g/mol. The second-order valence-electron chi connectivity index (χ2n) is 5.81. The highest BCUT2D eigenvalue weighted by molar-refractivity contribution is 9.11. The molecule has 0 saturated carbocycles. The number of nitrogens with zero attached hydrogens (tertiary/aromatic N) is 1. The Hall–Kier alpha value is -1.95. The number of hydrogen-bond acceptors (Lipinski definition) is 3. The van der Waals surface area contributed by atoms with E-state index in [0.717, 1.165) is 15.6 Å².